The van der Waals surface area contributed by atoms with Crippen molar-refractivity contribution in [2.75, 3.05) is 32.2 Å². The van der Waals surface area contributed by atoms with E-state index < -0.39 is 0 Å². The largest absolute Gasteiger partial charge is 0.367 e. The minimum Gasteiger partial charge on any atom is -0.367 e. The van der Waals surface area contributed by atoms with E-state index in [2.05, 4.69) is 34.3 Å². The van der Waals surface area contributed by atoms with Gasteiger partial charge >= 0.3 is 0 Å². The van der Waals surface area contributed by atoms with Crippen LogP contribution in [-0.2, 0) is 6.42 Å². The Morgan fingerprint density at radius 1 is 1.35 bits per heavy atom. The Bertz CT molecular complexity index is 416. The van der Waals surface area contributed by atoms with Crippen LogP contribution in [0.5, 0.6) is 0 Å². The van der Waals surface area contributed by atoms with Gasteiger partial charge in [0, 0.05) is 17.8 Å². The van der Waals surface area contributed by atoms with Gasteiger partial charge in [0.15, 0.2) is 5.16 Å². The second-order valence-electron chi connectivity index (χ2n) is 5.76. The first-order valence-corrected chi connectivity index (χ1v) is 8.72. The van der Waals surface area contributed by atoms with Crippen LogP contribution in [0.3, 0.4) is 0 Å². The maximum absolute atomic E-state index is 4.68. The summed E-state index contributed by atoms with van der Waals surface area (Å²) in [6, 6.07) is 0.604. The van der Waals surface area contributed by atoms with Gasteiger partial charge in [0.25, 0.3) is 0 Å². The van der Waals surface area contributed by atoms with E-state index in [1.165, 1.54) is 31.2 Å². The van der Waals surface area contributed by atoms with Crippen LogP contribution >= 0.6 is 11.8 Å². The van der Waals surface area contributed by atoms with Crippen LogP contribution < -0.4 is 5.32 Å². The fourth-order valence-electron chi connectivity index (χ4n) is 2.65. The summed E-state index contributed by atoms with van der Waals surface area (Å²) < 4.78 is 0. The Morgan fingerprint density at radius 2 is 2.10 bits per heavy atom. The molecule has 20 heavy (non-hydrogen) atoms. The zero-order valence-electron chi connectivity index (χ0n) is 12.9. The first kappa shape index (κ1) is 15.6. The monoisotopic (exact) mass is 294 g/mol. The lowest BCUT2D eigenvalue weighted by Crippen LogP contribution is -2.18. The number of aryl methyl sites for hydroxylation is 1. The van der Waals surface area contributed by atoms with Gasteiger partial charge in [-0.1, -0.05) is 24.6 Å². The van der Waals surface area contributed by atoms with Crippen LogP contribution in [-0.4, -0.2) is 47.8 Å². The third kappa shape index (κ3) is 4.63. The zero-order chi connectivity index (χ0) is 14.4. The van der Waals surface area contributed by atoms with E-state index in [9.17, 15) is 0 Å². The summed E-state index contributed by atoms with van der Waals surface area (Å²) in [5, 5.41) is 4.51. The van der Waals surface area contributed by atoms with Crippen LogP contribution in [0.1, 0.15) is 37.7 Å². The molecule has 0 amide bonds. The van der Waals surface area contributed by atoms with Crippen LogP contribution in [0.4, 0.5) is 5.82 Å². The van der Waals surface area contributed by atoms with Crippen molar-refractivity contribution >= 4 is 17.6 Å². The molecule has 0 saturated heterocycles. The van der Waals surface area contributed by atoms with Crippen molar-refractivity contribution in [3.05, 3.63) is 11.8 Å². The van der Waals surface area contributed by atoms with Crippen molar-refractivity contribution in [1.29, 1.82) is 0 Å². The second kappa shape index (κ2) is 7.84. The Kier molecular flexibility index (Phi) is 6.10. The maximum atomic E-state index is 4.68. The number of nitrogens with one attached hydrogen (secondary N) is 1. The molecule has 1 fully saturated rings. The summed E-state index contributed by atoms with van der Waals surface area (Å²) in [6.07, 6.45) is 11.5. The molecule has 0 unspecified atom stereocenters. The number of hydrogen-bond acceptors (Lipinski definition) is 5. The Balaban J connectivity index is 2.03. The van der Waals surface area contributed by atoms with Gasteiger partial charge in [-0.25, -0.2) is 9.97 Å². The molecule has 1 heterocycles. The molecule has 0 bridgehead atoms. The molecule has 0 aliphatic heterocycles. The minimum absolute atomic E-state index is 0.604. The molecule has 1 aromatic heterocycles. The fraction of sp³-hybridized carbons (Fsp3) is 0.733. The Labute approximate surface area is 126 Å². The summed E-state index contributed by atoms with van der Waals surface area (Å²) in [5.74, 6) is 1.06. The molecule has 1 aromatic rings. The average molecular weight is 294 g/mol. The fourth-order valence-corrected chi connectivity index (χ4v) is 2.99. The predicted molar refractivity (Wildman–Crippen MR) is 86.6 cm³/mol. The summed E-state index contributed by atoms with van der Waals surface area (Å²) >= 11 is 1.61. The van der Waals surface area contributed by atoms with Gasteiger partial charge in [0.1, 0.15) is 5.82 Å². The molecule has 5 heteroatoms. The maximum Gasteiger partial charge on any atom is 0.189 e. The quantitative estimate of drug-likeness (QED) is 0.618. The molecule has 4 nitrogen and oxygen atoms in total. The molecule has 1 aliphatic rings. The molecule has 112 valence electrons. The first-order chi connectivity index (χ1) is 9.69. The van der Waals surface area contributed by atoms with Gasteiger partial charge < -0.3 is 10.2 Å². The lowest BCUT2D eigenvalue weighted by Gasteiger charge is -2.17. The van der Waals surface area contributed by atoms with Crippen LogP contribution in [0.25, 0.3) is 0 Å². The van der Waals surface area contributed by atoms with Crippen molar-refractivity contribution in [1.82, 2.24) is 14.9 Å². The molecular formula is C15H26N4S. The van der Waals surface area contributed by atoms with E-state index in [-0.39, 0.29) is 0 Å². The summed E-state index contributed by atoms with van der Waals surface area (Å²) in [5.41, 5.74) is 1.26. The summed E-state index contributed by atoms with van der Waals surface area (Å²) in [6.45, 7) is 1.10. The number of aromatic nitrogens is 2. The van der Waals surface area contributed by atoms with Crippen LogP contribution in [0.15, 0.2) is 11.4 Å². The minimum atomic E-state index is 0.604. The van der Waals surface area contributed by atoms with E-state index in [1.807, 2.05) is 12.5 Å². The topological polar surface area (TPSA) is 41.1 Å². The van der Waals surface area contributed by atoms with Crippen LogP contribution in [0.2, 0.25) is 0 Å². The molecule has 1 aliphatic carbocycles. The molecule has 2 rings (SSSR count). The summed E-state index contributed by atoms with van der Waals surface area (Å²) in [4.78, 5) is 11.3. The van der Waals surface area contributed by atoms with E-state index in [1.54, 1.807) is 11.8 Å². The number of rotatable bonds is 7. The van der Waals surface area contributed by atoms with Gasteiger partial charge in [0.2, 0.25) is 0 Å². The molecule has 1 N–H and O–H groups in total. The SMILES string of the molecule is CSc1ncc(CCCN(C)C)c(NC2CCCC2)n1. The first-order valence-electron chi connectivity index (χ1n) is 7.50. The van der Waals surface area contributed by atoms with Crippen molar-refractivity contribution in [2.45, 2.75) is 49.7 Å². The van der Waals surface area contributed by atoms with E-state index in [0.717, 1.165) is 30.4 Å². The highest BCUT2D eigenvalue weighted by atomic mass is 32.2. The van der Waals surface area contributed by atoms with Crippen molar-refractivity contribution in [3.63, 3.8) is 0 Å². The predicted octanol–water partition coefficient (Wildman–Crippen LogP) is 3.05. The normalized spacial score (nSPS) is 16.0. The van der Waals surface area contributed by atoms with Gasteiger partial charge in [-0.15, -0.1) is 0 Å². The van der Waals surface area contributed by atoms with Crippen LogP contribution in [0, 0.1) is 0 Å². The number of nitrogens with zero attached hydrogens (tertiary/aromatic N) is 3. The highest BCUT2D eigenvalue weighted by Gasteiger charge is 2.17. The van der Waals surface area contributed by atoms with Gasteiger partial charge in [-0.05, 0) is 52.6 Å². The highest BCUT2D eigenvalue weighted by Crippen LogP contribution is 2.25. The lowest BCUT2D eigenvalue weighted by atomic mass is 10.1. The van der Waals surface area contributed by atoms with Gasteiger partial charge in [-0.2, -0.15) is 0 Å². The van der Waals surface area contributed by atoms with E-state index in [4.69, 9.17) is 0 Å². The number of anilines is 1. The molecule has 0 radical (unpaired) electrons. The Hall–Kier alpha value is -0.810. The lowest BCUT2D eigenvalue weighted by molar-refractivity contribution is 0.400. The van der Waals surface area contributed by atoms with Crippen molar-refractivity contribution < 1.29 is 0 Å². The molecule has 0 spiro atoms. The average Bonchev–Trinajstić information content (AvgIpc) is 2.93. The van der Waals surface area contributed by atoms with Gasteiger partial charge in [-0.3, -0.25) is 0 Å². The van der Waals surface area contributed by atoms with Gasteiger partial charge in [0.05, 0.1) is 0 Å². The van der Waals surface area contributed by atoms with E-state index in [0.29, 0.717) is 6.04 Å². The van der Waals surface area contributed by atoms with E-state index >= 15 is 0 Å². The number of hydrogen-bond donors (Lipinski definition) is 1. The molecule has 1 saturated carbocycles. The smallest absolute Gasteiger partial charge is 0.189 e. The Morgan fingerprint density at radius 3 is 2.75 bits per heavy atom. The standard InChI is InChI=1S/C15H26N4S/c1-19(2)10-6-7-12-11-16-15(20-3)18-14(12)17-13-8-4-5-9-13/h11,13H,4-10H2,1-3H3,(H,16,17,18). The highest BCUT2D eigenvalue weighted by molar-refractivity contribution is 7.98. The third-order valence-corrected chi connectivity index (χ3v) is 4.33. The summed E-state index contributed by atoms with van der Waals surface area (Å²) in [7, 11) is 4.23. The molecule has 0 aromatic carbocycles. The third-order valence-electron chi connectivity index (χ3n) is 3.77. The van der Waals surface area contributed by atoms with Crippen molar-refractivity contribution in [2.24, 2.45) is 0 Å². The molecular weight excluding hydrogens is 268 g/mol. The number of thioether (sulfide) groups is 1. The second-order valence-corrected chi connectivity index (χ2v) is 6.54. The molecule has 0 atom stereocenters. The zero-order valence-corrected chi connectivity index (χ0v) is 13.7. The van der Waals surface area contributed by atoms with Crippen molar-refractivity contribution in [3.8, 4) is 0 Å².